The number of primary amides is 1. The Morgan fingerprint density at radius 2 is 1.94 bits per heavy atom. The fourth-order valence-corrected chi connectivity index (χ4v) is 3.40. The Bertz CT molecular complexity index is 432. The summed E-state index contributed by atoms with van der Waals surface area (Å²) < 4.78 is 0. The highest BCUT2D eigenvalue weighted by molar-refractivity contribution is 6.04. The van der Waals surface area contributed by atoms with Crippen LogP contribution in [0.25, 0.3) is 0 Å². The normalized spacial score (nSPS) is 38.4. The third-order valence-corrected chi connectivity index (χ3v) is 5.05. The van der Waals surface area contributed by atoms with Crippen molar-refractivity contribution in [1.29, 1.82) is 0 Å². The lowest BCUT2D eigenvalue weighted by Gasteiger charge is -2.43. The Balaban J connectivity index is 2.35. The summed E-state index contributed by atoms with van der Waals surface area (Å²) in [6.45, 7) is 5.81. The van der Waals surface area contributed by atoms with Gasteiger partial charge in [0.2, 0.25) is 5.91 Å². The van der Waals surface area contributed by atoms with E-state index in [1.54, 1.807) is 0 Å². The van der Waals surface area contributed by atoms with E-state index in [1.165, 1.54) is 0 Å². The van der Waals surface area contributed by atoms with Crippen molar-refractivity contribution in [3.63, 3.8) is 0 Å². The average molecular weight is 253 g/mol. The van der Waals surface area contributed by atoms with Crippen LogP contribution in [0.1, 0.15) is 33.6 Å². The largest absolute Gasteiger partial charge is 0.369 e. The second-order valence-corrected chi connectivity index (χ2v) is 6.03. The molecule has 4 amide bonds. The first-order chi connectivity index (χ1) is 8.20. The fraction of sp³-hybridized carbons (Fsp3) is 0.750. The summed E-state index contributed by atoms with van der Waals surface area (Å²) in [4.78, 5) is 34.6. The lowest BCUT2D eigenvalue weighted by Crippen LogP contribution is -2.52. The molecule has 1 saturated heterocycles. The number of amides is 4. The molecule has 2 rings (SSSR count). The van der Waals surface area contributed by atoms with E-state index in [-0.39, 0.29) is 17.7 Å². The molecular weight excluding hydrogens is 234 g/mol. The molecule has 2 aliphatic rings. The molecule has 6 nitrogen and oxygen atoms in total. The fourth-order valence-electron chi connectivity index (χ4n) is 3.40. The molecule has 18 heavy (non-hydrogen) atoms. The van der Waals surface area contributed by atoms with Gasteiger partial charge in [-0.15, -0.1) is 0 Å². The highest BCUT2D eigenvalue weighted by Gasteiger charge is 2.60. The number of nitrogens with one attached hydrogen (secondary N) is 2. The quantitative estimate of drug-likeness (QED) is 0.609. The Labute approximate surface area is 106 Å². The number of nitrogens with two attached hydrogens (primary N) is 1. The highest BCUT2D eigenvalue weighted by Crippen LogP contribution is 2.57. The third kappa shape index (κ3) is 1.51. The standard InChI is InChI=1S/C12H19N3O3/c1-11(2)6(8(13)16)4-5-12(11,3)7-9(17)15-10(18)14-7/h6-7H,4-5H2,1-3H3,(H2,13,16)(H2,14,15,17,18)/t6-,7-,12+/m0/s1. The van der Waals surface area contributed by atoms with Gasteiger partial charge in [-0.05, 0) is 18.3 Å². The Kier molecular flexibility index (Phi) is 2.64. The van der Waals surface area contributed by atoms with Gasteiger partial charge in [-0.25, -0.2) is 4.79 Å². The molecule has 4 N–H and O–H groups in total. The average Bonchev–Trinajstić information content (AvgIpc) is 2.67. The number of carbonyl (C=O) groups excluding carboxylic acids is 3. The molecule has 3 atom stereocenters. The van der Waals surface area contributed by atoms with E-state index in [1.807, 2.05) is 20.8 Å². The van der Waals surface area contributed by atoms with Crippen LogP contribution in [0.3, 0.4) is 0 Å². The van der Waals surface area contributed by atoms with Crippen LogP contribution in [0.4, 0.5) is 4.79 Å². The van der Waals surface area contributed by atoms with Gasteiger partial charge in [0.1, 0.15) is 6.04 Å². The first kappa shape index (κ1) is 12.9. The van der Waals surface area contributed by atoms with Crippen molar-refractivity contribution in [1.82, 2.24) is 10.6 Å². The Hall–Kier alpha value is -1.59. The van der Waals surface area contributed by atoms with Crippen LogP contribution >= 0.6 is 0 Å². The molecule has 0 unspecified atom stereocenters. The number of hydrogen-bond donors (Lipinski definition) is 3. The number of hydrogen-bond acceptors (Lipinski definition) is 3. The molecule has 1 saturated carbocycles. The maximum atomic E-state index is 11.8. The van der Waals surface area contributed by atoms with Crippen LogP contribution in [-0.4, -0.2) is 23.9 Å². The molecule has 0 bridgehead atoms. The van der Waals surface area contributed by atoms with Crippen molar-refractivity contribution in [3.8, 4) is 0 Å². The van der Waals surface area contributed by atoms with E-state index >= 15 is 0 Å². The summed E-state index contributed by atoms with van der Waals surface area (Å²) in [5, 5.41) is 4.90. The van der Waals surface area contributed by atoms with Crippen molar-refractivity contribution in [3.05, 3.63) is 0 Å². The van der Waals surface area contributed by atoms with Gasteiger partial charge in [0.15, 0.2) is 0 Å². The van der Waals surface area contributed by atoms with Crippen molar-refractivity contribution in [2.24, 2.45) is 22.5 Å². The molecule has 1 aliphatic carbocycles. The first-order valence-electron chi connectivity index (χ1n) is 6.11. The van der Waals surface area contributed by atoms with Crippen LogP contribution in [0.5, 0.6) is 0 Å². The van der Waals surface area contributed by atoms with Gasteiger partial charge in [0, 0.05) is 11.3 Å². The van der Waals surface area contributed by atoms with Crippen molar-refractivity contribution >= 4 is 17.8 Å². The Morgan fingerprint density at radius 3 is 2.33 bits per heavy atom. The number of urea groups is 1. The molecular formula is C12H19N3O3. The molecule has 0 spiro atoms. The molecule has 1 heterocycles. The van der Waals surface area contributed by atoms with E-state index in [4.69, 9.17) is 5.73 Å². The molecule has 1 aliphatic heterocycles. The summed E-state index contributed by atoms with van der Waals surface area (Å²) in [5.74, 6) is -0.929. The van der Waals surface area contributed by atoms with Crippen molar-refractivity contribution in [2.45, 2.75) is 39.7 Å². The number of rotatable bonds is 2. The summed E-state index contributed by atoms with van der Waals surface area (Å²) in [5.41, 5.74) is 4.53. The minimum absolute atomic E-state index is 0.271. The monoisotopic (exact) mass is 253 g/mol. The SMILES string of the molecule is CC1(C)[C@H](C(N)=O)CC[C@]1(C)[C@H]1NC(=O)NC1=O. The predicted octanol–water partition coefficient (Wildman–Crippen LogP) is 0.122. The van der Waals surface area contributed by atoms with E-state index in [9.17, 15) is 14.4 Å². The van der Waals surface area contributed by atoms with Crippen LogP contribution in [0.15, 0.2) is 0 Å². The number of imide groups is 1. The zero-order valence-corrected chi connectivity index (χ0v) is 10.9. The van der Waals surface area contributed by atoms with E-state index < -0.39 is 22.9 Å². The molecule has 0 aromatic rings. The van der Waals surface area contributed by atoms with Gasteiger partial charge in [-0.1, -0.05) is 20.8 Å². The summed E-state index contributed by atoms with van der Waals surface area (Å²) in [7, 11) is 0. The van der Waals surface area contributed by atoms with Crippen LogP contribution in [0.2, 0.25) is 0 Å². The molecule has 0 radical (unpaired) electrons. The maximum Gasteiger partial charge on any atom is 0.322 e. The first-order valence-corrected chi connectivity index (χ1v) is 6.11. The summed E-state index contributed by atoms with van der Waals surface area (Å²) in [6, 6.07) is -1.06. The van der Waals surface area contributed by atoms with E-state index in [2.05, 4.69) is 10.6 Å². The third-order valence-electron chi connectivity index (χ3n) is 5.05. The molecule has 0 aromatic heterocycles. The maximum absolute atomic E-state index is 11.8. The van der Waals surface area contributed by atoms with Gasteiger partial charge in [-0.2, -0.15) is 0 Å². The van der Waals surface area contributed by atoms with Crippen molar-refractivity contribution in [2.75, 3.05) is 0 Å². The lowest BCUT2D eigenvalue weighted by molar-refractivity contribution is -0.130. The smallest absolute Gasteiger partial charge is 0.322 e. The second kappa shape index (κ2) is 3.70. The lowest BCUT2D eigenvalue weighted by atomic mass is 9.62. The molecule has 6 heteroatoms. The topological polar surface area (TPSA) is 101 Å². The van der Waals surface area contributed by atoms with Gasteiger partial charge in [0.25, 0.3) is 5.91 Å². The summed E-state index contributed by atoms with van der Waals surface area (Å²) in [6.07, 6.45) is 1.34. The van der Waals surface area contributed by atoms with E-state index in [0.29, 0.717) is 12.8 Å². The van der Waals surface area contributed by atoms with Gasteiger partial charge < -0.3 is 11.1 Å². The minimum atomic E-state index is -0.593. The summed E-state index contributed by atoms with van der Waals surface area (Å²) >= 11 is 0. The zero-order valence-electron chi connectivity index (χ0n) is 10.9. The van der Waals surface area contributed by atoms with E-state index in [0.717, 1.165) is 0 Å². The van der Waals surface area contributed by atoms with Gasteiger partial charge in [0.05, 0.1) is 0 Å². The molecule has 0 aromatic carbocycles. The molecule has 100 valence electrons. The van der Waals surface area contributed by atoms with Crippen LogP contribution < -0.4 is 16.4 Å². The highest BCUT2D eigenvalue weighted by atomic mass is 16.2. The van der Waals surface area contributed by atoms with Crippen LogP contribution in [-0.2, 0) is 9.59 Å². The molecule has 2 fully saturated rings. The van der Waals surface area contributed by atoms with Crippen molar-refractivity contribution < 1.29 is 14.4 Å². The Morgan fingerprint density at radius 1 is 1.33 bits per heavy atom. The second-order valence-electron chi connectivity index (χ2n) is 6.03. The van der Waals surface area contributed by atoms with Gasteiger partial charge >= 0.3 is 6.03 Å². The van der Waals surface area contributed by atoms with Crippen LogP contribution in [0, 0.1) is 16.7 Å². The predicted molar refractivity (Wildman–Crippen MR) is 64.3 cm³/mol. The minimum Gasteiger partial charge on any atom is -0.369 e. The zero-order chi connectivity index (χ0) is 13.7. The number of carbonyl (C=O) groups is 3. The van der Waals surface area contributed by atoms with Gasteiger partial charge in [-0.3, -0.25) is 14.9 Å².